The van der Waals surface area contributed by atoms with Crippen molar-refractivity contribution in [3.63, 3.8) is 0 Å². The van der Waals surface area contributed by atoms with E-state index in [1.807, 2.05) is 0 Å². The van der Waals surface area contributed by atoms with Crippen molar-refractivity contribution in [1.29, 1.82) is 0 Å². The molecule has 0 saturated carbocycles. The molecule has 1 aliphatic carbocycles. The maximum absolute atomic E-state index is 11.4. The van der Waals surface area contributed by atoms with Crippen molar-refractivity contribution in [2.75, 3.05) is 0 Å². The molecule has 0 aromatic rings. The lowest BCUT2D eigenvalue weighted by Gasteiger charge is -2.25. The highest BCUT2D eigenvalue weighted by molar-refractivity contribution is 5.97. The van der Waals surface area contributed by atoms with E-state index in [0.29, 0.717) is 0 Å². The molecule has 0 aromatic carbocycles. The summed E-state index contributed by atoms with van der Waals surface area (Å²) in [6.07, 6.45) is 3.42. The van der Waals surface area contributed by atoms with Crippen molar-refractivity contribution < 1.29 is 14.3 Å². The Labute approximate surface area is 89.5 Å². The number of ether oxygens (including phenoxy) is 1. The Morgan fingerprint density at radius 1 is 1.00 bits per heavy atom. The summed E-state index contributed by atoms with van der Waals surface area (Å²) in [5.74, 6) is -1.01. The van der Waals surface area contributed by atoms with E-state index in [1.165, 1.54) is 11.1 Å². The van der Waals surface area contributed by atoms with Crippen LogP contribution in [-0.2, 0) is 14.3 Å². The molecule has 0 amide bonds. The van der Waals surface area contributed by atoms with Crippen LogP contribution in [0.4, 0.5) is 0 Å². The Balaban J connectivity index is 2.28. The van der Waals surface area contributed by atoms with Gasteiger partial charge in [-0.05, 0) is 25.7 Å². The molecule has 3 nitrogen and oxygen atoms in total. The Morgan fingerprint density at radius 2 is 1.40 bits per heavy atom. The largest absolute Gasteiger partial charge is 0.393 e. The highest BCUT2D eigenvalue weighted by Gasteiger charge is 2.46. The molecular weight excluding hydrogens is 192 g/mol. The molecule has 2 unspecified atom stereocenters. The monoisotopic (exact) mass is 208 g/mol. The van der Waals surface area contributed by atoms with E-state index in [9.17, 15) is 9.59 Å². The second-order valence-electron chi connectivity index (χ2n) is 4.28. The lowest BCUT2D eigenvalue weighted by atomic mass is 9.76. The molecule has 82 valence electrons. The lowest BCUT2D eigenvalue weighted by molar-refractivity contribution is -0.153. The summed E-state index contributed by atoms with van der Waals surface area (Å²) in [7, 11) is 0. The summed E-state index contributed by atoms with van der Waals surface area (Å²) < 4.78 is 4.69. The van der Waals surface area contributed by atoms with Crippen LogP contribution in [0.2, 0.25) is 0 Å². The smallest absolute Gasteiger partial charge is 0.317 e. The van der Waals surface area contributed by atoms with Crippen LogP contribution in [0.1, 0.15) is 39.5 Å². The lowest BCUT2D eigenvalue weighted by Crippen LogP contribution is -2.23. The SMILES string of the molecule is CCC1=C(CC)CC2C(=O)OC(=O)C2C1. The molecule has 1 aliphatic heterocycles. The van der Waals surface area contributed by atoms with E-state index < -0.39 is 0 Å². The second kappa shape index (κ2) is 3.80. The molecule has 1 saturated heterocycles. The molecule has 0 bridgehead atoms. The fraction of sp³-hybridized carbons (Fsp3) is 0.667. The molecule has 3 heteroatoms. The summed E-state index contributed by atoms with van der Waals surface area (Å²) in [6.45, 7) is 4.21. The quantitative estimate of drug-likeness (QED) is 0.397. The van der Waals surface area contributed by atoms with E-state index in [2.05, 4.69) is 18.6 Å². The number of cyclic esters (lactones) is 2. The van der Waals surface area contributed by atoms with Gasteiger partial charge in [-0.2, -0.15) is 0 Å². The van der Waals surface area contributed by atoms with E-state index in [4.69, 9.17) is 0 Å². The number of hydrogen-bond donors (Lipinski definition) is 0. The molecule has 2 aliphatic rings. The van der Waals surface area contributed by atoms with Crippen molar-refractivity contribution in [3.05, 3.63) is 11.1 Å². The van der Waals surface area contributed by atoms with Crippen LogP contribution in [0.25, 0.3) is 0 Å². The maximum Gasteiger partial charge on any atom is 0.317 e. The number of rotatable bonds is 2. The summed E-state index contributed by atoms with van der Waals surface area (Å²) >= 11 is 0. The standard InChI is InChI=1S/C12H16O3/c1-3-7-5-9-10(6-8(7)4-2)12(14)15-11(9)13/h9-10H,3-6H2,1-2H3. The van der Waals surface area contributed by atoms with Crippen molar-refractivity contribution in [1.82, 2.24) is 0 Å². The highest BCUT2D eigenvalue weighted by atomic mass is 16.6. The fourth-order valence-corrected chi connectivity index (χ4v) is 2.64. The third-order valence-corrected chi connectivity index (χ3v) is 3.58. The number of fused-ring (bicyclic) bond motifs is 1. The first-order valence-electron chi connectivity index (χ1n) is 5.62. The van der Waals surface area contributed by atoms with Crippen molar-refractivity contribution in [3.8, 4) is 0 Å². The van der Waals surface area contributed by atoms with Gasteiger partial charge in [-0.25, -0.2) is 0 Å². The molecule has 0 aromatic heterocycles. The predicted molar refractivity (Wildman–Crippen MR) is 54.9 cm³/mol. The molecule has 1 heterocycles. The van der Waals surface area contributed by atoms with Gasteiger partial charge in [0.05, 0.1) is 11.8 Å². The first-order valence-corrected chi connectivity index (χ1v) is 5.62. The minimum absolute atomic E-state index is 0.192. The summed E-state index contributed by atoms with van der Waals surface area (Å²) in [4.78, 5) is 22.8. The molecule has 0 N–H and O–H groups in total. The van der Waals surface area contributed by atoms with E-state index in [1.54, 1.807) is 0 Å². The Bertz CT molecular complexity index is 309. The van der Waals surface area contributed by atoms with E-state index in [-0.39, 0.29) is 23.8 Å². The average molecular weight is 208 g/mol. The first-order chi connectivity index (χ1) is 7.17. The van der Waals surface area contributed by atoms with Gasteiger partial charge in [-0.1, -0.05) is 25.0 Å². The van der Waals surface area contributed by atoms with Gasteiger partial charge in [0.25, 0.3) is 0 Å². The molecule has 1 fully saturated rings. The predicted octanol–water partition coefficient (Wildman–Crippen LogP) is 2.21. The topological polar surface area (TPSA) is 43.4 Å². The molecule has 15 heavy (non-hydrogen) atoms. The van der Waals surface area contributed by atoms with Crippen LogP contribution in [0.5, 0.6) is 0 Å². The van der Waals surface area contributed by atoms with E-state index in [0.717, 1.165) is 25.7 Å². The second-order valence-corrected chi connectivity index (χ2v) is 4.28. The van der Waals surface area contributed by atoms with Crippen molar-refractivity contribution in [2.24, 2.45) is 11.8 Å². The van der Waals surface area contributed by atoms with Gasteiger partial charge in [0.2, 0.25) is 0 Å². The van der Waals surface area contributed by atoms with Crippen LogP contribution in [-0.4, -0.2) is 11.9 Å². The molecule has 2 rings (SSSR count). The average Bonchev–Trinajstić information content (AvgIpc) is 2.52. The minimum atomic E-state index is -0.314. The number of carbonyl (C=O) groups is 2. The third kappa shape index (κ3) is 1.60. The van der Waals surface area contributed by atoms with Crippen LogP contribution in [0.3, 0.4) is 0 Å². The van der Waals surface area contributed by atoms with Gasteiger partial charge >= 0.3 is 11.9 Å². The molecular formula is C12H16O3. The van der Waals surface area contributed by atoms with Crippen molar-refractivity contribution >= 4 is 11.9 Å². The third-order valence-electron chi connectivity index (χ3n) is 3.58. The Hall–Kier alpha value is -1.12. The number of allylic oxidation sites excluding steroid dienone is 2. The van der Waals surface area contributed by atoms with Gasteiger partial charge in [0.15, 0.2) is 0 Å². The van der Waals surface area contributed by atoms with Crippen molar-refractivity contribution in [2.45, 2.75) is 39.5 Å². The zero-order valence-electron chi connectivity index (χ0n) is 9.21. The van der Waals surface area contributed by atoms with Crippen LogP contribution in [0.15, 0.2) is 11.1 Å². The number of hydrogen-bond acceptors (Lipinski definition) is 3. The maximum atomic E-state index is 11.4. The van der Waals surface area contributed by atoms with E-state index >= 15 is 0 Å². The van der Waals surface area contributed by atoms with Gasteiger partial charge in [-0.3, -0.25) is 9.59 Å². The first kappa shape index (κ1) is 10.4. The summed E-state index contributed by atoms with van der Waals surface area (Å²) in [6, 6.07) is 0. The summed E-state index contributed by atoms with van der Waals surface area (Å²) in [5, 5.41) is 0. The summed E-state index contributed by atoms with van der Waals surface area (Å²) in [5.41, 5.74) is 2.70. The molecule has 0 spiro atoms. The van der Waals surface area contributed by atoms with Gasteiger partial charge in [0.1, 0.15) is 0 Å². The number of esters is 2. The minimum Gasteiger partial charge on any atom is -0.393 e. The normalized spacial score (nSPS) is 30.5. The van der Waals surface area contributed by atoms with Gasteiger partial charge in [0, 0.05) is 0 Å². The fourth-order valence-electron chi connectivity index (χ4n) is 2.64. The zero-order valence-corrected chi connectivity index (χ0v) is 9.21. The Kier molecular flexibility index (Phi) is 2.63. The number of carbonyl (C=O) groups excluding carboxylic acids is 2. The zero-order chi connectivity index (χ0) is 11.0. The van der Waals surface area contributed by atoms with Crippen LogP contribution < -0.4 is 0 Å². The molecule has 0 radical (unpaired) electrons. The van der Waals surface area contributed by atoms with Gasteiger partial charge in [-0.15, -0.1) is 0 Å². The van der Waals surface area contributed by atoms with Crippen LogP contribution in [0, 0.1) is 11.8 Å². The Morgan fingerprint density at radius 3 is 1.73 bits per heavy atom. The van der Waals surface area contributed by atoms with Crippen LogP contribution >= 0.6 is 0 Å². The highest BCUT2D eigenvalue weighted by Crippen LogP contribution is 2.41. The molecule has 2 atom stereocenters. The van der Waals surface area contributed by atoms with Gasteiger partial charge < -0.3 is 4.74 Å².